The normalized spacial score (nSPS) is 26.5. The third-order valence-electron chi connectivity index (χ3n) is 6.79. The largest absolute Gasteiger partial charge is 0.493 e. The maximum atomic E-state index is 13.7. The van der Waals surface area contributed by atoms with Gasteiger partial charge in [0.2, 0.25) is 10.0 Å². The van der Waals surface area contributed by atoms with Gasteiger partial charge in [-0.15, -0.1) is 0 Å². The Morgan fingerprint density at radius 3 is 2.47 bits per heavy atom. The van der Waals surface area contributed by atoms with E-state index < -0.39 is 22.0 Å². The number of benzene rings is 1. The van der Waals surface area contributed by atoms with E-state index in [0.717, 1.165) is 35.6 Å². The summed E-state index contributed by atoms with van der Waals surface area (Å²) < 4.78 is 44.6. The molecule has 0 spiro atoms. The molecule has 9 heteroatoms. The first-order chi connectivity index (χ1) is 15.0. The highest BCUT2D eigenvalue weighted by Crippen LogP contribution is 2.47. The van der Waals surface area contributed by atoms with Crippen molar-refractivity contribution < 1.29 is 27.4 Å². The highest BCUT2D eigenvalue weighted by atomic mass is 79.9. The Labute approximate surface area is 200 Å². The molecule has 0 saturated heterocycles. The van der Waals surface area contributed by atoms with E-state index in [2.05, 4.69) is 36.7 Å². The zero-order chi connectivity index (χ0) is 23.8. The Morgan fingerprint density at radius 2 is 1.91 bits per heavy atom. The fourth-order valence-corrected chi connectivity index (χ4v) is 6.74. The topological polar surface area (TPSA) is 82.1 Å². The van der Waals surface area contributed by atoms with Gasteiger partial charge in [-0.05, 0) is 48.6 Å². The second-order valence-electron chi connectivity index (χ2n) is 9.31. The van der Waals surface area contributed by atoms with Crippen LogP contribution in [0, 0.1) is 17.8 Å². The molecule has 32 heavy (non-hydrogen) atoms. The van der Waals surface area contributed by atoms with E-state index in [-0.39, 0.29) is 18.6 Å². The van der Waals surface area contributed by atoms with E-state index in [4.69, 9.17) is 14.2 Å². The van der Waals surface area contributed by atoms with Gasteiger partial charge in [0.1, 0.15) is 6.10 Å². The SMILES string of the molecule is COc1cc(Br)c2c(c1OC)C(C(=O)O[C@@H]1C[C@H](C)CC[C@H]1C(C)C)N(S(C)(=O)=O)CC2. The molecule has 0 bridgehead atoms. The van der Waals surface area contributed by atoms with E-state index in [9.17, 15) is 13.2 Å². The lowest BCUT2D eigenvalue weighted by Crippen LogP contribution is -2.46. The van der Waals surface area contributed by atoms with E-state index in [0.29, 0.717) is 35.3 Å². The summed E-state index contributed by atoms with van der Waals surface area (Å²) in [4.78, 5) is 13.7. The molecule has 1 unspecified atom stereocenters. The predicted octanol–water partition coefficient (Wildman–Crippen LogP) is 4.33. The first-order valence-electron chi connectivity index (χ1n) is 11.1. The van der Waals surface area contributed by atoms with Crippen LogP contribution in [0.5, 0.6) is 11.5 Å². The molecular weight excluding hydrogens is 498 g/mol. The Hall–Kier alpha value is -1.32. The first kappa shape index (κ1) is 25.3. The van der Waals surface area contributed by atoms with Gasteiger partial charge in [-0.3, -0.25) is 0 Å². The van der Waals surface area contributed by atoms with Gasteiger partial charge in [0.15, 0.2) is 17.5 Å². The molecule has 0 amide bonds. The monoisotopic (exact) mass is 531 g/mol. The predicted molar refractivity (Wildman–Crippen MR) is 126 cm³/mol. The molecule has 1 aromatic carbocycles. The van der Waals surface area contributed by atoms with Crippen LogP contribution in [-0.4, -0.2) is 51.8 Å². The number of hydrogen-bond acceptors (Lipinski definition) is 6. The molecule has 0 aromatic heterocycles. The number of carbonyl (C=O) groups is 1. The van der Waals surface area contributed by atoms with Crippen molar-refractivity contribution in [1.82, 2.24) is 4.31 Å². The van der Waals surface area contributed by atoms with Gasteiger partial charge in [0.05, 0.1) is 20.5 Å². The molecule has 1 aliphatic heterocycles. The summed E-state index contributed by atoms with van der Waals surface area (Å²) >= 11 is 3.56. The molecule has 1 saturated carbocycles. The van der Waals surface area contributed by atoms with Gasteiger partial charge in [0.25, 0.3) is 0 Å². The molecule has 2 aliphatic rings. The van der Waals surface area contributed by atoms with E-state index in [1.807, 2.05) is 0 Å². The Kier molecular flexibility index (Phi) is 7.82. The van der Waals surface area contributed by atoms with Crippen molar-refractivity contribution in [2.45, 2.75) is 58.6 Å². The molecule has 0 radical (unpaired) electrons. The van der Waals surface area contributed by atoms with Crippen LogP contribution >= 0.6 is 15.9 Å². The quantitative estimate of drug-likeness (QED) is 0.508. The number of sulfonamides is 1. The van der Waals surface area contributed by atoms with Crippen LogP contribution in [0.2, 0.25) is 0 Å². The highest BCUT2D eigenvalue weighted by molar-refractivity contribution is 9.10. The average molecular weight is 532 g/mol. The van der Waals surface area contributed by atoms with Gasteiger partial charge < -0.3 is 14.2 Å². The lowest BCUT2D eigenvalue weighted by atomic mass is 9.75. The van der Waals surface area contributed by atoms with Gasteiger partial charge >= 0.3 is 5.97 Å². The number of methoxy groups -OCH3 is 2. The van der Waals surface area contributed by atoms with Crippen molar-refractivity contribution in [3.63, 3.8) is 0 Å². The van der Waals surface area contributed by atoms with Crippen molar-refractivity contribution in [2.24, 2.45) is 17.8 Å². The number of fused-ring (bicyclic) bond motifs is 1. The number of carbonyl (C=O) groups excluding carboxylic acids is 1. The lowest BCUT2D eigenvalue weighted by molar-refractivity contribution is -0.161. The van der Waals surface area contributed by atoms with Crippen LogP contribution in [0.15, 0.2) is 10.5 Å². The second-order valence-corrected chi connectivity index (χ2v) is 12.1. The minimum Gasteiger partial charge on any atom is -0.493 e. The smallest absolute Gasteiger partial charge is 0.329 e. The summed E-state index contributed by atoms with van der Waals surface area (Å²) in [5.41, 5.74) is 1.33. The summed E-state index contributed by atoms with van der Waals surface area (Å²) in [5.74, 6) is 1.31. The molecule has 7 nitrogen and oxygen atoms in total. The van der Waals surface area contributed by atoms with Crippen LogP contribution in [-0.2, 0) is 26.0 Å². The lowest BCUT2D eigenvalue weighted by Gasteiger charge is -2.40. The number of halogens is 1. The molecule has 1 fully saturated rings. The Morgan fingerprint density at radius 1 is 1.22 bits per heavy atom. The molecule has 180 valence electrons. The van der Waals surface area contributed by atoms with Crippen LogP contribution in [0.1, 0.15) is 57.2 Å². The molecule has 3 rings (SSSR count). The van der Waals surface area contributed by atoms with Crippen molar-refractivity contribution in [3.8, 4) is 11.5 Å². The maximum Gasteiger partial charge on any atom is 0.329 e. The van der Waals surface area contributed by atoms with Gasteiger partial charge in [-0.2, -0.15) is 4.31 Å². The van der Waals surface area contributed by atoms with E-state index >= 15 is 0 Å². The zero-order valence-electron chi connectivity index (χ0n) is 19.7. The van der Waals surface area contributed by atoms with Gasteiger partial charge in [0, 0.05) is 16.6 Å². The summed E-state index contributed by atoms with van der Waals surface area (Å²) in [6.45, 7) is 6.64. The van der Waals surface area contributed by atoms with Crippen molar-refractivity contribution in [2.75, 3.05) is 27.0 Å². The average Bonchev–Trinajstić information content (AvgIpc) is 2.71. The number of esters is 1. The van der Waals surface area contributed by atoms with E-state index in [1.165, 1.54) is 18.5 Å². The minimum absolute atomic E-state index is 0.189. The second kappa shape index (κ2) is 9.89. The number of ether oxygens (including phenoxy) is 3. The third kappa shape index (κ3) is 4.94. The van der Waals surface area contributed by atoms with Crippen molar-refractivity contribution >= 4 is 31.9 Å². The van der Waals surface area contributed by atoms with E-state index in [1.54, 1.807) is 6.07 Å². The number of nitrogens with zero attached hydrogens (tertiary/aromatic N) is 1. The van der Waals surface area contributed by atoms with Crippen LogP contribution in [0.4, 0.5) is 0 Å². The Bertz CT molecular complexity index is 964. The molecule has 1 aromatic rings. The van der Waals surface area contributed by atoms with Gasteiger partial charge in [-0.1, -0.05) is 43.1 Å². The fraction of sp³-hybridized carbons (Fsp3) is 0.696. The standard InChI is InChI=1S/C23H34BrNO6S/c1-13(2)15-8-7-14(3)11-18(15)31-23(26)21-20-16(9-10-25(21)32(6,27)28)17(24)12-19(29-4)22(20)30-5/h12-15,18,21H,7-11H2,1-6H3/t14-,15+,18-,21?/m1/s1. The van der Waals surface area contributed by atoms with Crippen LogP contribution in [0.3, 0.4) is 0 Å². The summed E-state index contributed by atoms with van der Waals surface area (Å²) in [5, 5.41) is 0. The molecule has 0 N–H and O–H groups in total. The number of rotatable bonds is 6. The zero-order valence-corrected chi connectivity index (χ0v) is 22.1. The summed E-state index contributed by atoms with van der Waals surface area (Å²) in [6, 6.07) is 0.661. The number of hydrogen-bond donors (Lipinski definition) is 0. The van der Waals surface area contributed by atoms with Crippen LogP contribution in [0.25, 0.3) is 0 Å². The molecule has 1 aliphatic carbocycles. The highest BCUT2D eigenvalue weighted by Gasteiger charge is 2.45. The summed E-state index contributed by atoms with van der Waals surface area (Å²) in [6.07, 6.45) is 4.22. The van der Waals surface area contributed by atoms with Crippen molar-refractivity contribution in [3.05, 3.63) is 21.7 Å². The molecular formula is C23H34BrNO6S. The molecule has 1 heterocycles. The van der Waals surface area contributed by atoms with Crippen LogP contribution < -0.4 is 9.47 Å². The first-order valence-corrected chi connectivity index (χ1v) is 13.7. The minimum atomic E-state index is -3.68. The molecule has 4 atom stereocenters. The Balaban J connectivity index is 2.09. The summed E-state index contributed by atoms with van der Waals surface area (Å²) in [7, 11) is -0.678. The maximum absolute atomic E-state index is 13.7. The van der Waals surface area contributed by atoms with Crippen molar-refractivity contribution in [1.29, 1.82) is 0 Å². The third-order valence-corrected chi connectivity index (χ3v) is 8.74. The fourth-order valence-electron chi connectivity index (χ4n) is 5.12. The van der Waals surface area contributed by atoms with Gasteiger partial charge in [-0.25, -0.2) is 13.2 Å².